The first kappa shape index (κ1) is 14.6. The number of carbonyl (C=O) groups is 1. The number of aromatic nitrogens is 1. The fourth-order valence-electron chi connectivity index (χ4n) is 1.81. The first-order valence-corrected chi connectivity index (χ1v) is 6.32. The molecule has 0 aliphatic heterocycles. The Morgan fingerprint density at radius 2 is 2.17 bits per heavy atom. The molecule has 100 valence electrons. The maximum Gasteiger partial charge on any atom is 0.339 e. The van der Waals surface area contributed by atoms with Crippen LogP contribution in [0.15, 0.2) is 18.3 Å². The van der Waals surface area contributed by atoms with E-state index < -0.39 is 0 Å². The Morgan fingerprint density at radius 1 is 1.44 bits per heavy atom. The minimum absolute atomic E-state index is 0.344. The number of carbonyl (C=O) groups excluding carboxylic acids is 1. The van der Waals surface area contributed by atoms with Crippen LogP contribution in [0.2, 0.25) is 0 Å². The van der Waals surface area contributed by atoms with Crippen molar-refractivity contribution < 1.29 is 9.53 Å². The van der Waals surface area contributed by atoms with Crippen LogP contribution in [0.5, 0.6) is 0 Å². The molecule has 0 atom stereocenters. The molecule has 0 radical (unpaired) electrons. The van der Waals surface area contributed by atoms with E-state index >= 15 is 0 Å². The van der Waals surface area contributed by atoms with E-state index in [9.17, 15) is 4.79 Å². The molecule has 1 heterocycles. The fourth-order valence-corrected chi connectivity index (χ4v) is 1.81. The van der Waals surface area contributed by atoms with Crippen LogP contribution in [0, 0.1) is 5.92 Å². The number of ether oxygens (including phenoxy) is 1. The van der Waals surface area contributed by atoms with Crippen LogP contribution in [0.1, 0.15) is 36.8 Å². The molecule has 4 nitrogen and oxygen atoms in total. The summed E-state index contributed by atoms with van der Waals surface area (Å²) in [6.45, 7) is 9.42. The first-order chi connectivity index (χ1) is 8.56. The zero-order valence-electron chi connectivity index (χ0n) is 11.6. The lowest BCUT2D eigenvalue weighted by atomic mass is 10.2. The van der Waals surface area contributed by atoms with Gasteiger partial charge in [0.05, 0.1) is 18.4 Å². The lowest BCUT2D eigenvalue weighted by Gasteiger charge is -2.21. The van der Waals surface area contributed by atoms with Crippen molar-refractivity contribution in [1.29, 1.82) is 0 Å². The van der Waals surface area contributed by atoms with Crippen molar-refractivity contribution >= 4 is 5.97 Å². The molecule has 4 heteroatoms. The van der Waals surface area contributed by atoms with E-state index in [1.807, 2.05) is 6.07 Å². The third-order valence-electron chi connectivity index (χ3n) is 2.70. The van der Waals surface area contributed by atoms with Crippen LogP contribution in [0.3, 0.4) is 0 Å². The average Bonchev–Trinajstić information content (AvgIpc) is 2.37. The molecule has 1 aromatic heterocycles. The van der Waals surface area contributed by atoms with Crippen molar-refractivity contribution in [2.45, 2.75) is 27.3 Å². The Morgan fingerprint density at radius 3 is 2.61 bits per heavy atom. The number of nitrogens with zero attached hydrogens (tertiary/aromatic N) is 2. The van der Waals surface area contributed by atoms with Crippen molar-refractivity contribution in [3.63, 3.8) is 0 Å². The molecule has 18 heavy (non-hydrogen) atoms. The minimum Gasteiger partial charge on any atom is -0.465 e. The summed E-state index contributed by atoms with van der Waals surface area (Å²) in [4.78, 5) is 17.9. The van der Waals surface area contributed by atoms with Crippen molar-refractivity contribution in [1.82, 2.24) is 9.88 Å². The third kappa shape index (κ3) is 4.45. The molecule has 0 amide bonds. The quantitative estimate of drug-likeness (QED) is 0.727. The van der Waals surface area contributed by atoms with Crippen molar-refractivity contribution in [2.24, 2.45) is 5.92 Å². The molecule has 0 bridgehead atoms. The van der Waals surface area contributed by atoms with Gasteiger partial charge in [-0.2, -0.15) is 0 Å². The van der Waals surface area contributed by atoms with Crippen molar-refractivity contribution in [3.05, 3.63) is 29.6 Å². The molecule has 0 saturated carbocycles. The van der Waals surface area contributed by atoms with Crippen LogP contribution in [-0.4, -0.2) is 36.1 Å². The molecule has 0 fully saturated rings. The number of hydrogen-bond acceptors (Lipinski definition) is 4. The molecule has 0 aliphatic rings. The van der Waals surface area contributed by atoms with Gasteiger partial charge in [0.15, 0.2) is 0 Å². The van der Waals surface area contributed by atoms with Gasteiger partial charge < -0.3 is 4.74 Å². The van der Waals surface area contributed by atoms with Gasteiger partial charge in [0.1, 0.15) is 0 Å². The summed E-state index contributed by atoms with van der Waals surface area (Å²) < 4.78 is 4.64. The summed E-state index contributed by atoms with van der Waals surface area (Å²) in [5.74, 6) is 0.294. The second kappa shape index (κ2) is 7.11. The third-order valence-corrected chi connectivity index (χ3v) is 2.70. The summed E-state index contributed by atoms with van der Waals surface area (Å²) >= 11 is 0. The summed E-state index contributed by atoms with van der Waals surface area (Å²) in [6.07, 6.45) is 1.57. The standard InChI is InChI=1S/C14H22N2O2/c1-5-16(9-11(2)3)10-13-7-6-12(8-15-13)14(17)18-4/h6-8,11H,5,9-10H2,1-4H3. The number of pyridine rings is 1. The zero-order valence-corrected chi connectivity index (χ0v) is 11.6. The van der Waals surface area contributed by atoms with Gasteiger partial charge in [0, 0.05) is 19.3 Å². The maximum absolute atomic E-state index is 11.3. The lowest BCUT2D eigenvalue weighted by molar-refractivity contribution is 0.0600. The highest BCUT2D eigenvalue weighted by molar-refractivity contribution is 5.88. The monoisotopic (exact) mass is 250 g/mol. The van der Waals surface area contributed by atoms with Gasteiger partial charge in [-0.25, -0.2) is 4.79 Å². The van der Waals surface area contributed by atoms with Crippen LogP contribution in [-0.2, 0) is 11.3 Å². The topological polar surface area (TPSA) is 42.4 Å². The van der Waals surface area contributed by atoms with Gasteiger partial charge in [0.25, 0.3) is 0 Å². The fraction of sp³-hybridized carbons (Fsp3) is 0.571. The second-order valence-corrected chi connectivity index (χ2v) is 4.75. The Hall–Kier alpha value is -1.42. The van der Waals surface area contributed by atoms with Crippen molar-refractivity contribution in [2.75, 3.05) is 20.2 Å². The lowest BCUT2D eigenvalue weighted by Crippen LogP contribution is -2.27. The average molecular weight is 250 g/mol. The number of methoxy groups -OCH3 is 1. The maximum atomic E-state index is 11.3. The predicted molar refractivity (Wildman–Crippen MR) is 71.4 cm³/mol. The van der Waals surface area contributed by atoms with E-state index in [4.69, 9.17) is 0 Å². The Labute approximate surface area is 109 Å². The van der Waals surface area contributed by atoms with E-state index in [1.54, 1.807) is 12.3 Å². The number of rotatable bonds is 6. The highest BCUT2D eigenvalue weighted by Gasteiger charge is 2.09. The van der Waals surface area contributed by atoms with Crippen LogP contribution in [0.25, 0.3) is 0 Å². The van der Waals surface area contributed by atoms with E-state index in [2.05, 4.69) is 35.4 Å². The molecule has 1 rings (SSSR count). The minimum atomic E-state index is -0.344. The Balaban J connectivity index is 2.64. The normalized spacial score (nSPS) is 11.0. The van der Waals surface area contributed by atoms with E-state index in [-0.39, 0.29) is 5.97 Å². The van der Waals surface area contributed by atoms with Gasteiger partial charge in [-0.15, -0.1) is 0 Å². The van der Waals surface area contributed by atoms with E-state index in [1.165, 1.54) is 7.11 Å². The summed E-state index contributed by atoms with van der Waals surface area (Å²) in [5.41, 5.74) is 1.47. The van der Waals surface area contributed by atoms with Gasteiger partial charge in [-0.1, -0.05) is 20.8 Å². The molecule has 0 saturated heterocycles. The molecule has 0 aromatic carbocycles. The van der Waals surface area contributed by atoms with E-state index in [0.29, 0.717) is 11.5 Å². The van der Waals surface area contributed by atoms with Gasteiger partial charge >= 0.3 is 5.97 Å². The number of esters is 1. The largest absolute Gasteiger partial charge is 0.465 e. The number of hydrogen-bond donors (Lipinski definition) is 0. The smallest absolute Gasteiger partial charge is 0.339 e. The highest BCUT2D eigenvalue weighted by atomic mass is 16.5. The van der Waals surface area contributed by atoms with Crippen molar-refractivity contribution in [3.8, 4) is 0 Å². The molecule has 0 N–H and O–H groups in total. The van der Waals surface area contributed by atoms with Crippen LogP contribution in [0.4, 0.5) is 0 Å². The van der Waals surface area contributed by atoms with Crippen LogP contribution < -0.4 is 0 Å². The molecular formula is C14H22N2O2. The van der Waals surface area contributed by atoms with Gasteiger partial charge in [-0.3, -0.25) is 9.88 Å². The van der Waals surface area contributed by atoms with Gasteiger partial charge in [-0.05, 0) is 24.6 Å². The Kier molecular flexibility index (Phi) is 5.78. The molecule has 1 aromatic rings. The second-order valence-electron chi connectivity index (χ2n) is 4.75. The van der Waals surface area contributed by atoms with E-state index in [0.717, 1.165) is 25.3 Å². The van der Waals surface area contributed by atoms with Crippen LogP contribution >= 0.6 is 0 Å². The summed E-state index contributed by atoms with van der Waals surface area (Å²) in [7, 11) is 1.37. The highest BCUT2D eigenvalue weighted by Crippen LogP contribution is 2.07. The SMILES string of the molecule is CCN(Cc1ccc(C(=O)OC)cn1)CC(C)C. The molecule has 0 spiro atoms. The van der Waals surface area contributed by atoms with Gasteiger partial charge in [0.2, 0.25) is 0 Å². The molecule has 0 unspecified atom stereocenters. The molecular weight excluding hydrogens is 228 g/mol. The molecule has 0 aliphatic carbocycles. The first-order valence-electron chi connectivity index (χ1n) is 6.32. The summed E-state index contributed by atoms with van der Waals surface area (Å²) in [6, 6.07) is 3.65. The predicted octanol–water partition coefficient (Wildman–Crippen LogP) is 2.35. The Bertz CT molecular complexity index is 374. The zero-order chi connectivity index (χ0) is 13.5. The summed E-state index contributed by atoms with van der Waals surface area (Å²) in [5, 5.41) is 0.